The number of aryl methyl sites for hydroxylation is 1. The summed E-state index contributed by atoms with van der Waals surface area (Å²) in [6.07, 6.45) is 5.48. The lowest BCUT2D eigenvalue weighted by atomic mass is 10.1. The number of fused-ring (bicyclic) bond motifs is 3. The highest BCUT2D eigenvalue weighted by Crippen LogP contribution is 2.38. The summed E-state index contributed by atoms with van der Waals surface area (Å²) in [4.78, 5) is 2.38. The van der Waals surface area contributed by atoms with E-state index in [1.807, 2.05) is 0 Å². The minimum absolute atomic E-state index is 0.865. The van der Waals surface area contributed by atoms with Crippen molar-refractivity contribution in [3.8, 4) is 0 Å². The van der Waals surface area contributed by atoms with Crippen molar-refractivity contribution < 1.29 is 0 Å². The highest BCUT2D eigenvalue weighted by molar-refractivity contribution is 7.22. The first-order chi connectivity index (χ1) is 11.1. The predicted molar refractivity (Wildman–Crippen MR) is 101 cm³/mol. The Kier molecular flexibility index (Phi) is 3.80. The lowest BCUT2D eigenvalue weighted by Gasteiger charge is -2.23. The van der Waals surface area contributed by atoms with E-state index in [1.165, 1.54) is 32.6 Å². The zero-order chi connectivity index (χ0) is 16.0. The molecule has 0 bridgehead atoms. The second-order valence-corrected chi connectivity index (χ2v) is 7.96. The largest absolute Gasteiger partial charge is 0.319 e. The van der Waals surface area contributed by atoms with Crippen LogP contribution in [-0.2, 0) is 13.0 Å². The van der Waals surface area contributed by atoms with Crippen molar-refractivity contribution in [2.75, 3.05) is 13.6 Å². The van der Waals surface area contributed by atoms with Gasteiger partial charge in [-0.1, -0.05) is 41.4 Å². The minimum atomic E-state index is 0.865. The maximum absolute atomic E-state index is 6.28. The van der Waals surface area contributed by atoms with Gasteiger partial charge in [0.05, 0.1) is 14.6 Å². The summed E-state index contributed by atoms with van der Waals surface area (Å²) >= 11 is 7.98. The molecular formula is C19H19ClN2S. The molecule has 0 atom stereocenters. The fourth-order valence-corrected chi connectivity index (χ4v) is 4.62. The van der Waals surface area contributed by atoms with Crippen molar-refractivity contribution in [2.24, 2.45) is 0 Å². The number of halogens is 1. The zero-order valence-electron chi connectivity index (χ0n) is 13.3. The molecule has 0 saturated carbocycles. The highest BCUT2D eigenvalue weighted by atomic mass is 35.5. The molecule has 4 heteroatoms. The Morgan fingerprint density at radius 1 is 1.26 bits per heavy atom. The molecule has 3 aromatic rings. The van der Waals surface area contributed by atoms with Gasteiger partial charge in [-0.15, -0.1) is 11.3 Å². The van der Waals surface area contributed by atoms with E-state index in [9.17, 15) is 0 Å². The number of likely N-dealkylation sites (N-methyl/N-ethyl adjacent to an activating group) is 1. The number of thiophene rings is 1. The lowest BCUT2D eigenvalue weighted by molar-refractivity contribution is 0.312. The van der Waals surface area contributed by atoms with Gasteiger partial charge in [0.2, 0.25) is 0 Å². The van der Waals surface area contributed by atoms with Gasteiger partial charge in [0.1, 0.15) is 0 Å². The van der Waals surface area contributed by atoms with E-state index in [-0.39, 0.29) is 0 Å². The van der Waals surface area contributed by atoms with Gasteiger partial charge in [0.15, 0.2) is 0 Å². The molecule has 0 radical (unpaired) electrons. The van der Waals surface area contributed by atoms with Gasteiger partial charge in [0, 0.05) is 37.0 Å². The number of benzene rings is 1. The van der Waals surface area contributed by atoms with E-state index in [2.05, 4.69) is 66.0 Å². The van der Waals surface area contributed by atoms with Crippen LogP contribution in [0.25, 0.3) is 22.5 Å². The molecule has 1 aliphatic rings. The number of rotatable bonds is 2. The van der Waals surface area contributed by atoms with Crippen LogP contribution in [0.2, 0.25) is 4.34 Å². The molecule has 0 fully saturated rings. The van der Waals surface area contributed by atoms with Crippen LogP contribution in [-0.4, -0.2) is 23.1 Å². The monoisotopic (exact) mass is 342 g/mol. The van der Waals surface area contributed by atoms with Gasteiger partial charge in [-0.05, 0) is 31.7 Å². The van der Waals surface area contributed by atoms with Crippen LogP contribution in [0.3, 0.4) is 0 Å². The fourth-order valence-electron chi connectivity index (χ4n) is 3.35. The minimum Gasteiger partial charge on any atom is -0.319 e. The molecule has 0 N–H and O–H groups in total. The van der Waals surface area contributed by atoms with E-state index in [0.29, 0.717) is 0 Å². The van der Waals surface area contributed by atoms with E-state index in [1.54, 1.807) is 11.3 Å². The van der Waals surface area contributed by atoms with Gasteiger partial charge < -0.3 is 9.47 Å². The molecular weight excluding hydrogens is 324 g/mol. The Morgan fingerprint density at radius 3 is 2.96 bits per heavy atom. The van der Waals surface area contributed by atoms with Crippen LogP contribution in [0.1, 0.15) is 22.4 Å². The average molecular weight is 343 g/mol. The predicted octanol–water partition coefficient (Wildman–Crippen LogP) is 5.28. The molecule has 1 aromatic carbocycles. The molecule has 0 unspecified atom stereocenters. The second kappa shape index (κ2) is 5.82. The Bertz CT molecular complexity index is 904. The fraction of sp³-hybridized carbons (Fsp3) is 0.263. The SMILES string of the molecule is Cc1cccc(C=Cn2c3c(c4sc(Cl)cc42)CN(C)CC3)c1. The van der Waals surface area contributed by atoms with Crippen molar-refractivity contribution in [3.63, 3.8) is 0 Å². The summed E-state index contributed by atoms with van der Waals surface area (Å²) in [5.74, 6) is 0. The molecule has 2 nitrogen and oxygen atoms in total. The van der Waals surface area contributed by atoms with Gasteiger partial charge in [-0.2, -0.15) is 0 Å². The van der Waals surface area contributed by atoms with Crippen molar-refractivity contribution >= 4 is 45.4 Å². The van der Waals surface area contributed by atoms with Crippen LogP contribution in [0.15, 0.2) is 30.3 Å². The van der Waals surface area contributed by atoms with Crippen LogP contribution >= 0.6 is 22.9 Å². The van der Waals surface area contributed by atoms with Crippen molar-refractivity contribution in [1.82, 2.24) is 9.47 Å². The van der Waals surface area contributed by atoms with Crippen LogP contribution in [0.5, 0.6) is 0 Å². The first-order valence-corrected chi connectivity index (χ1v) is 9.05. The third kappa shape index (κ3) is 2.74. The van der Waals surface area contributed by atoms with Crippen molar-refractivity contribution in [2.45, 2.75) is 19.9 Å². The van der Waals surface area contributed by atoms with Gasteiger partial charge in [0.25, 0.3) is 0 Å². The molecule has 0 aliphatic carbocycles. The third-order valence-corrected chi connectivity index (χ3v) is 5.78. The smallest absolute Gasteiger partial charge is 0.0956 e. The number of hydrogen-bond donors (Lipinski definition) is 0. The standard InChI is InChI=1S/C19H19ClN2S/c1-13-4-3-5-14(10-13)6-9-22-16-7-8-21(2)12-15(16)19-17(22)11-18(20)23-19/h3-6,9-11H,7-8,12H2,1-2H3. The Labute approximate surface area is 145 Å². The van der Waals surface area contributed by atoms with Gasteiger partial charge in [-0.25, -0.2) is 0 Å². The molecule has 0 saturated heterocycles. The van der Waals surface area contributed by atoms with E-state index in [4.69, 9.17) is 11.6 Å². The topological polar surface area (TPSA) is 8.17 Å². The van der Waals surface area contributed by atoms with Crippen molar-refractivity contribution in [1.29, 1.82) is 0 Å². The van der Waals surface area contributed by atoms with Crippen LogP contribution in [0, 0.1) is 6.92 Å². The van der Waals surface area contributed by atoms with Crippen LogP contribution < -0.4 is 0 Å². The van der Waals surface area contributed by atoms with E-state index in [0.717, 1.165) is 23.8 Å². The molecule has 118 valence electrons. The van der Waals surface area contributed by atoms with Gasteiger partial charge >= 0.3 is 0 Å². The molecule has 4 rings (SSSR count). The molecule has 1 aliphatic heterocycles. The van der Waals surface area contributed by atoms with Gasteiger partial charge in [-0.3, -0.25) is 0 Å². The molecule has 3 heterocycles. The van der Waals surface area contributed by atoms with E-state index < -0.39 is 0 Å². The maximum atomic E-state index is 6.28. The summed E-state index contributed by atoms with van der Waals surface area (Å²) in [6.45, 7) is 4.24. The molecule has 0 spiro atoms. The summed E-state index contributed by atoms with van der Waals surface area (Å²) in [5.41, 5.74) is 6.63. The number of nitrogens with zero attached hydrogens (tertiary/aromatic N) is 2. The van der Waals surface area contributed by atoms with Crippen LogP contribution in [0.4, 0.5) is 0 Å². The maximum Gasteiger partial charge on any atom is 0.0956 e. The average Bonchev–Trinajstić information content (AvgIpc) is 3.01. The number of aromatic nitrogens is 1. The summed E-state index contributed by atoms with van der Waals surface area (Å²) in [5, 5.41) is 0. The second-order valence-electron chi connectivity index (χ2n) is 6.28. The summed E-state index contributed by atoms with van der Waals surface area (Å²) < 4.78 is 4.54. The normalized spacial score (nSPS) is 15.6. The Morgan fingerprint density at radius 2 is 2.13 bits per heavy atom. The highest BCUT2D eigenvalue weighted by Gasteiger charge is 2.23. The molecule has 2 aromatic heterocycles. The summed E-state index contributed by atoms with van der Waals surface area (Å²) in [7, 11) is 2.18. The first-order valence-electron chi connectivity index (χ1n) is 7.86. The Hall–Kier alpha value is -1.55. The quantitative estimate of drug-likeness (QED) is 0.615. The number of hydrogen-bond acceptors (Lipinski definition) is 2. The molecule has 0 amide bonds. The third-order valence-electron chi connectivity index (χ3n) is 4.47. The van der Waals surface area contributed by atoms with E-state index >= 15 is 0 Å². The van der Waals surface area contributed by atoms with Crippen molar-refractivity contribution in [3.05, 3.63) is 57.1 Å². The molecule has 23 heavy (non-hydrogen) atoms. The zero-order valence-corrected chi connectivity index (χ0v) is 14.9. The Balaban J connectivity index is 1.83. The summed E-state index contributed by atoms with van der Waals surface area (Å²) in [6, 6.07) is 10.7. The first kappa shape index (κ1) is 15.0. The lowest BCUT2D eigenvalue weighted by Crippen LogP contribution is -2.26.